The van der Waals surface area contributed by atoms with Crippen molar-refractivity contribution in [3.05, 3.63) is 64.7 Å². The van der Waals surface area contributed by atoms with Gasteiger partial charge in [0, 0.05) is 18.1 Å². The van der Waals surface area contributed by atoms with Gasteiger partial charge in [0.25, 0.3) is 0 Å². The van der Waals surface area contributed by atoms with Crippen LogP contribution in [-0.4, -0.2) is 42.9 Å². The fourth-order valence-electron chi connectivity index (χ4n) is 2.73. The zero-order valence-electron chi connectivity index (χ0n) is 15.7. The van der Waals surface area contributed by atoms with Gasteiger partial charge in [-0.2, -0.15) is 0 Å². The minimum atomic E-state index is -0.544. The van der Waals surface area contributed by atoms with Gasteiger partial charge in [0.1, 0.15) is 5.75 Å². The zero-order valence-corrected chi connectivity index (χ0v) is 16.4. The molecule has 2 atom stereocenters. The Hall–Kier alpha value is -1.59. The van der Waals surface area contributed by atoms with Crippen LogP contribution in [0.3, 0.4) is 0 Å². The standard InChI is InChI=1S/C21H28ClNO3/c1-4-25-21-11-5-17(6-12-21)13-23(3)14-20(24)15-26-16(2)18-7-9-19(22)10-8-18/h5-12,16,20,24H,4,13-15H2,1-3H3. The summed E-state index contributed by atoms with van der Waals surface area (Å²) in [6, 6.07) is 15.6. The summed E-state index contributed by atoms with van der Waals surface area (Å²) in [5.74, 6) is 0.878. The van der Waals surface area contributed by atoms with Crippen LogP contribution in [0.2, 0.25) is 5.02 Å². The number of halogens is 1. The van der Waals surface area contributed by atoms with E-state index in [0.29, 0.717) is 18.2 Å². The Balaban J connectivity index is 1.74. The molecule has 0 aliphatic heterocycles. The van der Waals surface area contributed by atoms with E-state index in [0.717, 1.165) is 17.9 Å². The van der Waals surface area contributed by atoms with Crippen LogP contribution in [0.25, 0.3) is 0 Å². The quantitative estimate of drug-likeness (QED) is 0.670. The molecule has 0 bridgehead atoms. The van der Waals surface area contributed by atoms with Crippen molar-refractivity contribution in [2.75, 3.05) is 26.8 Å². The van der Waals surface area contributed by atoms with Gasteiger partial charge in [0.05, 0.1) is 25.4 Å². The lowest BCUT2D eigenvalue weighted by Gasteiger charge is -2.22. The van der Waals surface area contributed by atoms with E-state index in [-0.39, 0.29) is 12.7 Å². The number of nitrogens with zero attached hydrogens (tertiary/aromatic N) is 1. The lowest BCUT2D eigenvalue weighted by molar-refractivity contribution is -0.0138. The van der Waals surface area contributed by atoms with Gasteiger partial charge in [-0.25, -0.2) is 0 Å². The lowest BCUT2D eigenvalue weighted by atomic mass is 10.1. The van der Waals surface area contributed by atoms with Gasteiger partial charge in [0.15, 0.2) is 0 Å². The van der Waals surface area contributed by atoms with Crippen LogP contribution in [0, 0.1) is 0 Å². The van der Waals surface area contributed by atoms with E-state index in [1.807, 2.05) is 69.4 Å². The second kappa shape index (κ2) is 10.5. The molecule has 142 valence electrons. The highest BCUT2D eigenvalue weighted by atomic mass is 35.5. The molecule has 0 heterocycles. The van der Waals surface area contributed by atoms with Crippen LogP contribution in [-0.2, 0) is 11.3 Å². The summed E-state index contributed by atoms with van der Waals surface area (Å²) >= 11 is 5.90. The monoisotopic (exact) mass is 377 g/mol. The fourth-order valence-corrected chi connectivity index (χ4v) is 2.86. The Morgan fingerprint density at radius 2 is 1.73 bits per heavy atom. The van der Waals surface area contributed by atoms with E-state index in [9.17, 15) is 5.11 Å². The van der Waals surface area contributed by atoms with Crippen molar-refractivity contribution in [2.24, 2.45) is 0 Å². The first kappa shape index (κ1) is 20.7. The smallest absolute Gasteiger partial charge is 0.119 e. The van der Waals surface area contributed by atoms with Crippen molar-refractivity contribution in [3.8, 4) is 5.75 Å². The van der Waals surface area contributed by atoms with Gasteiger partial charge >= 0.3 is 0 Å². The number of likely N-dealkylation sites (N-methyl/N-ethyl adjacent to an activating group) is 1. The van der Waals surface area contributed by atoms with Crippen LogP contribution >= 0.6 is 11.6 Å². The lowest BCUT2D eigenvalue weighted by Crippen LogP contribution is -2.32. The summed E-state index contributed by atoms with van der Waals surface area (Å²) in [7, 11) is 1.99. The average molecular weight is 378 g/mol. The first-order valence-corrected chi connectivity index (χ1v) is 9.31. The Bertz CT molecular complexity index is 645. The number of aliphatic hydroxyl groups excluding tert-OH is 1. The number of benzene rings is 2. The largest absolute Gasteiger partial charge is 0.494 e. The molecule has 1 N–H and O–H groups in total. The molecule has 4 nitrogen and oxygen atoms in total. The molecule has 0 saturated heterocycles. The van der Waals surface area contributed by atoms with Gasteiger partial charge in [-0.3, -0.25) is 4.90 Å². The molecule has 0 radical (unpaired) electrons. The summed E-state index contributed by atoms with van der Waals surface area (Å²) < 4.78 is 11.2. The summed E-state index contributed by atoms with van der Waals surface area (Å²) in [6.07, 6.45) is -0.629. The number of aliphatic hydroxyl groups is 1. The fraction of sp³-hybridized carbons (Fsp3) is 0.429. The Morgan fingerprint density at radius 1 is 1.08 bits per heavy atom. The molecule has 0 fully saturated rings. The average Bonchev–Trinajstić information content (AvgIpc) is 2.62. The highest BCUT2D eigenvalue weighted by molar-refractivity contribution is 6.30. The van der Waals surface area contributed by atoms with Crippen molar-refractivity contribution >= 4 is 11.6 Å². The van der Waals surface area contributed by atoms with E-state index in [1.165, 1.54) is 5.56 Å². The first-order chi connectivity index (χ1) is 12.5. The van der Waals surface area contributed by atoms with Gasteiger partial charge in [0.2, 0.25) is 0 Å². The van der Waals surface area contributed by atoms with Crippen molar-refractivity contribution in [3.63, 3.8) is 0 Å². The second-order valence-electron chi connectivity index (χ2n) is 6.45. The summed E-state index contributed by atoms with van der Waals surface area (Å²) in [6.45, 7) is 6.20. The van der Waals surface area contributed by atoms with Crippen LogP contribution in [0.15, 0.2) is 48.5 Å². The van der Waals surface area contributed by atoms with Crippen LogP contribution < -0.4 is 4.74 Å². The predicted molar refractivity (Wildman–Crippen MR) is 106 cm³/mol. The second-order valence-corrected chi connectivity index (χ2v) is 6.89. The van der Waals surface area contributed by atoms with Gasteiger partial charge < -0.3 is 14.6 Å². The molecule has 2 rings (SSSR count). The maximum atomic E-state index is 10.2. The van der Waals surface area contributed by atoms with E-state index < -0.39 is 6.10 Å². The number of hydrogen-bond donors (Lipinski definition) is 1. The molecule has 0 aliphatic carbocycles. The number of ether oxygens (including phenoxy) is 2. The molecule has 0 aromatic heterocycles. The normalized spacial score (nSPS) is 13.6. The minimum Gasteiger partial charge on any atom is -0.494 e. The molecule has 0 aliphatic rings. The minimum absolute atomic E-state index is 0.0849. The molecule has 26 heavy (non-hydrogen) atoms. The van der Waals surface area contributed by atoms with Crippen molar-refractivity contribution < 1.29 is 14.6 Å². The third-order valence-electron chi connectivity index (χ3n) is 4.09. The van der Waals surface area contributed by atoms with Crippen molar-refractivity contribution in [2.45, 2.75) is 32.6 Å². The van der Waals surface area contributed by atoms with E-state index in [4.69, 9.17) is 21.1 Å². The molecular weight excluding hydrogens is 350 g/mol. The Morgan fingerprint density at radius 3 is 2.35 bits per heavy atom. The van der Waals surface area contributed by atoms with E-state index in [1.54, 1.807) is 0 Å². The van der Waals surface area contributed by atoms with E-state index in [2.05, 4.69) is 4.90 Å². The molecular formula is C21H28ClNO3. The van der Waals surface area contributed by atoms with Crippen molar-refractivity contribution in [1.82, 2.24) is 4.90 Å². The van der Waals surface area contributed by atoms with Gasteiger partial charge in [-0.15, -0.1) is 0 Å². The van der Waals surface area contributed by atoms with Crippen LogP contribution in [0.5, 0.6) is 5.75 Å². The van der Waals surface area contributed by atoms with Crippen LogP contribution in [0.4, 0.5) is 0 Å². The molecule has 2 aromatic carbocycles. The zero-order chi connectivity index (χ0) is 18.9. The molecule has 2 unspecified atom stereocenters. The molecule has 0 saturated carbocycles. The van der Waals surface area contributed by atoms with E-state index >= 15 is 0 Å². The Kier molecular flexibility index (Phi) is 8.39. The summed E-state index contributed by atoms with van der Waals surface area (Å²) in [5, 5.41) is 10.9. The number of hydrogen-bond acceptors (Lipinski definition) is 4. The maximum Gasteiger partial charge on any atom is 0.119 e. The highest BCUT2D eigenvalue weighted by Crippen LogP contribution is 2.19. The molecule has 5 heteroatoms. The molecule has 0 amide bonds. The summed E-state index contributed by atoms with van der Waals surface area (Å²) in [4.78, 5) is 2.08. The van der Waals surface area contributed by atoms with Crippen molar-refractivity contribution in [1.29, 1.82) is 0 Å². The maximum absolute atomic E-state index is 10.2. The number of rotatable bonds is 10. The highest BCUT2D eigenvalue weighted by Gasteiger charge is 2.12. The van der Waals surface area contributed by atoms with Crippen LogP contribution in [0.1, 0.15) is 31.1 Å². The van der Waals surface area contributed by atoms with Gasteiger partial charge in [-0.1, -0.05) is 35.9 Å². The third-order valence-corrected chi connectivity index (χ3v) is 4.34. The third kappa shape index (κ3) is 6.96. The molecule has 2 aromatic rings. The summed E-state index contributed by atoms with van der Waals surface area (Å²) in [5.41, 5.74) is 2.22. The first-order valence-electron chi connectivity index (χ1n) is 8.93. The molecule has 0 spiro atoms. The van der Waals surface area contributed by atoms with Gasteiger partial charge in [-0.05, 0) is 56.3 Å². The SMILES string of the molecule is CCOc1ccc(CN(C)CC(O)COC(C)c2ccc(Cl)cc2)cc1. The topological polar surface area (TPSA) is 41.9 Å². The predicted octanol–water partition coefficient (Wildman–Crippen LogP) is 4.31. The Labute approximate surface area is 161 Å².